The molecule has 0 bridgehead atoms. The van der Waals surface area contributed by atoms with Crippen molar-refractivity contribution in [1.29, 1.82) is 0 Å². The standard InChI is InChI=1S/C17H29NO2/c1-6-15(18)16(14-9-7-8-13(2)12-14)20-11-10-17(3,4)19-5/h7-9,12,15-16H,6,10-11,18H2,1-5H3. The lowest BCUT2D eigenvalue weighted by atomic mass is 9.99. The van der Waals surface area contributed by atoms with Crippen LogP contribution in [0.4, 0.5) is 0 Å². The average molecular weight is 279 g/mol. The van der Waals surface area contributed by atoms with Gasteiger partial charge in [0.1, 0.15) is 0 Å². The second-order valence-electron chi connectivity index (χ2n) is 5.99. The summed E-state index contributed by atoms with van der Waals surface area (Å²) in [7, 11) is 1.73. The summed E-state index contributed by atoms with van der Waals surface area (Å²) in [5.74, 6) is 0. The summed E-state index contributed by atoms with van der Waals surface area (Å²) in [5.41, 5.74) is 8.46. The summed E-state index contributed by atoms with van der Waals surface area (Å²) in [5, 5.41) is 0. The van der Waals surface area contributed by atoms with Crippen LogP contribution in [0.5, 0.6) is 0 Å². The van der Waals surface area contributed by atoms with Crippen molar-refractivity contribution < 1.29 is 9.47 Å². The van der Waals surface area contributed by atoms with E-state index in [0.717, 1.165) is 18.4 Å². The maximum absolute atomic E-state index is 6.23. The monoisotopic (exact) mass is 279 g/mol. The molecule has 3 heteroatoms. The topological polar surface area (TPSA) is 44.5 Å². The van der Waals surface area contributed by atoms with Crippen molar-refractivity contribution in [2.45, 2.75) is 58.3 Å². The summed E-state index contributed by atoms with van der Waals surface area (Å²) in [6.45, 7) is 8.96. The number of methoxy groups -OCH3 is 1. The number of ether oxygens (including phenoxy) is 2. The van der Waals surface area contributed by atoms with Crippen LogP contribution in [-0.4, -0.2) is 25.4 Å². The lowest BCUT2D eigenvalue weighted by Crippen LogP contribution is -2.31. The molecule has 114 valence electrons. The smallest absolute Gasteiger partial charge is 0.0975 e. The molecule has 0 amide bonds. The van der Waals surface area contributed by atoms with E-state index in [9.17, 15) is 0 Å². The van der Waals surface area contributed by atoms with Gasteiger partial charge in [-0.15, -0.1) is 0 Å². The van der Waals surface area contributed by atoms with Crippen LogP contribution in [0.2, 0.25) is 0 Å². The van der Waals surface area contributed by atoms with Crippen molar-refractivity contribution in [1.82, 2.24) is 0 Å². The van der Waals surface area contributed by atoms with E-state index in [2.05, 4.69) is 52.0 Å². The van der Waals surface area contributed by atoms with Crippen LogP contribution < -0.4 is 5.73 Å². The molecule has 20 heavy (non-hydrogen) atoms. The van der Waals surface area contributed by atoms with Gasteiger partial charge >= 0.3 is 0 Å². The highest BCUT2D eigenvalue weighted by Gasteiger charge is 2.22. The Morgan fingerprint density at radius 3 is 2.55 bits per heavy atom. The van der Waals surface area contributed by atoms with E-state index >= 15 is 0 Å². The van der Waals surface area contributed by atoms with Crippen LogP contribution in [0.3, 0.4) is 0 Å². The number of nitrogens with two attached hydrogens (primary N) is 1. The van der Waals surface area contributed by atoms with E-state index in [4.69, 9.17) is 15.2 Å². The molecule has 2 atom stereocenters. The molecular formula is C17H29NO2. The van der Waals surface area contributed by atoms with Crippen molar-refractivity contribution in [3.8, 4) is 0 Å². The number of aryl methyl sites for hydroxylation is 1. The zero-order valence-corrected chi connectivity index (χ0v) is 13.5. The van der Waals surface area contributed by atoms with E-state index in [1.807, 2.05) is 0 Å². The zero-order valence-electron chi connectivity index (χ0n) is 13.5. The largest absolute Gasteiger partial charge is 0.379 e. The van der Waals surface area contributed by atoms with Crippen LogP contribution in [0, 0.1) is 6.92 Å². The van der Waals surface area contributed by atoms with Gasteiger partial charge in [0.2, 0.25) is 0 Å². The zero-order chi connectivity index (χ0) is 15.2. The van der Waals surface area contributed by atoms with Gasteiger partial charge in [-0.3, -0.25) is 0 Å². The molecule has 0 radical (unpaired) electrons. The molecule has 2 unspecified atom stereocenters. The molecule has 1 rings (SSSR count). The second-order valence-corrected chi connectivity index (χ2v) is 5.99. The Hall–Kier alpha value is -0.900. The third-order valence-electron chi connectivity index (χ3n) is 3.79. The maximum Gasteiger partial charge on any atom is 0.0975 e. The second kappa shape index (κ2) is 7.77. The third kappa shape index (κ3) is 5.23. The van der Waals surface area contributed by atoms with Gasteiger partial charge in [-0.2, -0.15) is 0 Å². The van der Waals surface area contributed by atoms with Crippen LogP contribution in [-0.2, 0) is 9.47 Å². The highest BCUT2D eigenvalue weighted by atomic mass is 16.5. The van der Waals surface area contributed by atoms with E-state index in [-0.39, 0.29) is 17.7 Å². The van der Waals surface area contributed by atoms with Crippen LogP contribution >= 0.6 is 0 Å². The van der Waals surface area contributed by atoms with Gasteiger partial charge < -0.3 is 15.2 Å². The van der Waals surface area contributed by atoms with E-state index in [1.54, 1.807) is 7.11 Å². The normalized spacial score (nSPS) is 15.1. The lowest BCUT2D eigenvalue weighted by molar-refractivity contribution is -0.0332. The Morgan fingerprint density at radius 1 is 1.30 bits per heavy atom. The average Bonchev–Trinajstić information content (AvgIpc) is 2.43. The first-order valence-electron chi connectivity index (χ1n) is 7.38. The molecule has 0 aromatic heterocycles. The lowest BCUT2D eigenvalue weighted by Gasteiger charge is -2.27. The molecular weight excluding hydrogens is 250 g/mol. The SMILES string of the molecule is CCC(N)C(OCCC(C)(C)OC)c1cccc(C)c1. The van der Waals surface area contributed by atoms with E-state index in [0.29, 0.717) is 6.61 Å². The van der Waals surface area contributed by atoms with E-state index in [1.165, 1.54) is 5.56 Å². The molecule has 0 aliphatic rings. The molecule has 3 nitrogen and oxygen atoms in total. The quantitative estimate of drug-likeness (QED) is 0.790. The number of benzene rings is 1. The first-order valence-corrected chi connectivity index (χ1v) is 7.38. The minimum absolute atomic E-state index is 0.0162. The molecule has 0 aliphatic carbocycles. The van der Waals surface area contributed by atoms with Gasteiger partial charge in [0.25, 0.3) is 0 Å². The highest BCUT2D eigenvalue weighted by Crippen LogP contribution is 2.24. The Kier molecular flexibility index (Phi) is 6.66. The minimum atomic E-state index is -0.159. The highest BCUT2D eigenvalue weighted by molar-refractivity contribution is 5.25. The van der Waals surface area contributed by atoms with E-state index < -0.39 is 0 Å². The Balaban J connectivity index is 2.71. The summed E-state index contributed by atoms with van der Waals surface area (Å²) < 4.78 is 11.5. The van der Waals surface area contributed by atoms with Gasteiger partial charge in [-0.1, -0.05) is 36.8 Å². The number of rotatable bonds is 8. The van der Waals surface area contributed by atoms with Crippen LogP contribution in [0.1, 0.15) is 50.8 Å². The van der Waals surface area contributed by atoms with Gasteiger partial charge in [-0.05, 0) is 39.2 Å². The van der Waals surface area contributed by atoms with Crippen molar-refractivity contribution in [3.05, 3.63) is 35.4 Å². The summed E-state index contributed by atoms with van der Waals surface area (Å²) in [6.07, 6.45) is 1.70. The Bertz CT molecular complexity index is 404. The molecule has 0 spiro atoms. The van der Waals surface area contributed by atoms with Gasteiger partial charge in [0, 0.05) is 13.2 Å². The number of hydrogen-bond acceptors (Lipinski definition) is 3. The van der Waals surface area contributed by atoms with Crippen molar-refractivity contribution in [3.63, 3.8) is 0 Å². The van der Waals surface area contributed by atoms with Crippen molar-refractivity contribution in [2.24, 2.45) is 5.73 Å². The van der Waals surface area contributed by atoms with Crippen LogP contribution in [0.15, 0.2) is 24.3 Å². The van der Waals surface area contributed by atoms with Crippen molar-refractivity contribution >= 4 is 0 Å². The summed E-state index contributed by atoms with van der Waals surface area (Å²) in [6, 6.07) is 8.41. The van der Waals surface area contributed by atoms with Gasteiger partial charge in [0.15, 0.2) is 0 Å². The predicted molar refractivity (Wildman–Crippen MR) is 83.8 cm³/mol. The molecule has 0 saturated carbocycles. The Labute approximate surface area is 123 Å². The fourth-order valence-electron chi connectivity index (χ4n) is 2.06. The van der Waals surface area contributed by atoms with Gasteiger partial charge in [0.05, 0.1) is 18.3 Å². The molecule has 1 aromatic rings. The molecule has 0 heterocycles. The summed E-state index contributed by atoms with van der Waals surface area (Å²) in [4.78, 5) is 0. The third-order valence-corrected chi connectivity index (χ3v) is 3.79. The first kappa shape index (κ1) is 17.2. The maximum atomic E-state index is 6.23. The molecule has 2 N–H and O–H groups in total. The fraction of sp³-hybridized carbons (Fsp3) is 0.647. The van der Waals surface area contributed by atoms with Crippen molar-refractivity contribution in [2.75, 3.05) is 13.7 Å². The molecule has 1 aromatic carbocycles. The Morgan fingerprint density at radius 2 is 2.00 bits per heavy atom. The van der Waals surface area contributed by atoms with Crippen LogP contribution in [0.25, 0.3) is 0 Å². The minimum Gasteiger partial charge on any atom is -0.379 e. The molecule has 0 aliphatic heterocycles. The summed E-state index contributed by atoms with van der Waals surface area (Å²) >= 11 is 0. The molecule has 0 fully saturated rings. The first-order chi connectivity index (χ1) is 9.39. The fourth-order valence-corrected chi connectivity index (χ4v) is 2.06. The predicted octanol–water partition coefficient (Wildman–Crippen LogP) is 3.61. The molecule has 0 saturated heterocycles. The number of hydrogen-bond donors (Lipinski definition) is 1. The van der Waals surface area contributed by atoms with Gasteiger partial charge in [-0.25, -0.2) is 0 Å².